The van der Waals surface area contributed by atoms with Crippen LogP contribution in [0.25, 0.3) is 0 Å². The molecule has 1 aliphatic rings. The van der Waals surface area contributed by atoms with Crippen molar-refractivity contribution in [3.63, 3.8) is 0 Å². The highest BCUT2D eigenvalue weighted by atomic mass is 14.9. The molecule has 3 heteroatoms. The van der Waals surface area contributed by atoms with Gasteiger partial charge in [0.1, 0.15) is 5.82 Å². The molecule has 0 aliphatic heterocycles. The zero-order chi connectivity index (χ0) is 9.97. The summed E-state index contributed by atoms with van der Waals surface area (Å²) in [5.74, 6) is 1.59. The van der Waals surface area contributed by atoms with Gasteiger partial charge >= 0.3 is 0 Å². The van der Waals surface area contributed by atoms with Crippen LogP contribution in [0.1, 0.15) is 48.7 Å². The molecule has 1 heterocycles. The van der Waals surface area contributed by atoms with Crippen LogP contribution in [0, 0.1) is 6.92 Å². The Labute approximate surface area is 84.8 Å². The summed E-state index contributed by atoms with van der Waals surface area (Å²) in [5, 5.41) is 0. The van der Waals surface area contributed by atoms with E-state index in [1.54, 1.807) is 0 Å². The minimum Gasteiger partial charge on any atom is -0.325 e. The van der Waals surface area contributed by atoms with Crippen molar-refractivity contribution in [1.82, 2.24) is 9.97 Å². The Morgan fingerprint density at radius 1 is 1.43 bits per heavy atom. The first-order valence-corrected chi connectivity index (χ1v) is 5.33. The molecular weight excluding hydrogens is 174 g/mol. The summed E-state index contributed by atoms with van der Waals surface area (Å²) in [7, 11) is 0. The third-order valence-corrected chi connectivity index (χ3v) is 3.01. The third-order valence-electron chi connectivity index (χ3n) is 3.01. The summed E-state index contributed by atoms with van der Waals surface area (Å²) in [6.07, 6.45) is 7.03. The van der Waals surface area contributed by atoms with Crippen LogP contribution < -0.4 is 5.73 Å². The van der Waals surface area contributed by atoms with Crippen LogP contribution in [-0.2, 0) is 6.54 Å². The smallest absolute Gasteiger partial charge is 0.131 e. The zero-order valence-electron chi connectivity index (χ0n) is 8.66. The fourth-order valence-corrected chi connectivity index (χ4v) is 2.08. The summed E-state index contributed by atoms with van der Waals surface area (Å²) >= 11 is 0. The molecule has 0 bridgehead atoms. The molecule has 0 amide bonds. The Bertz CT molecular complexity index is 316. The average Bonchev–Trinajstić information content (AvgIpc) is 2.71. The predicted molar refractivity (Wildman–Crippen MR) is 55.9 cm³/mol. The van der Waals surface area contributed by atoms with E-state index in [2.05, 4.69) is 9.97 Å². The van der Waals surface area contributed by atoms with Crippen LogP contribution in [0.5, 0.6) is 0 Å². The Morgan fingerprint density at radius 2 is 2.14 bits per heavy atom. The Morgan fingerprint density at radius 3 is 2.79 bits per heavy atom. The summed E-state index contributed by atoms with van der Waals surface area (Å²) in [6.45, 7) is 2.54. The number of nitrogens with zero attached hydrogens (tertiary/aromatic N) is 2. The highest BCUT2D eigenvalue weighted by molar-refractivity contribution is 5.16. The SMILES string of the molecule is Cc1cnc(C2CCCC2)nc1CN. The van der Waals surface area contributed by atoms with Crippen LogP contribution in [-0.4, -0.2) is 9.97 Å². The first kappa shape index (κ1) is 9.59. The molecule has 76 valence electrons. The van der Waals surface area contributed by atoms with Gasteiger partial charge in [-0.15, -0.1) is 0 Å². The van der Waals surface area contributed by atoms with E-state index in [4.69, 9.17) is 5.73 Å². The minimum atomic E-state index is 0.522. The van der Waals surface area contributed by atoms with Crippen LogP contribution in [0.15, 0.2) is 6.20 Å². The number of hydrogen-bond donors (Lipinski definition) is 1. The molecule has 0 radical (unpaired) electrons. The van der Waals surface area contributed by atoms with E-state index in [9.17, 15) is 0 Å². The molecule has 0 spiro atoms. The lowest BCUT2D eigenvalue weighted by molar-refractivity contribution is 0.658. The summed E-state index contributed by atoms with van der Waals surface area (Å²) in [5.41, 5.74) is 7.74. The highest BCUT2D eigenvalue weighted by Gasteiger charge is 2.19. The van der Waals surface area contributed by atoms with Crippen LogP contribution in [0.4, 0.5) is 0 Å². The Kier molecular flexibility index (Phi) is 2.77. The normalized spacial score (nSPS) is 17.6. The minimum absolute atomic E-state index is 0.522. The Hall–Kier alpha value is -0.960. The zero-order valence-corrected chi connectivity index (χ0v) is 8.66. The molecule has 1 aliphatic carbocycles. The predicted octanol–water partition coefficient (Wildman–Crippen LogP) is 1.90. The van der Waals surface area contributed by atoms with E-state index < -0.39 is 0 Å². The summed E-state index contributed by atoms with van der Waals surface area (Å²) in [4.78, 5) is 8.94. The largest absolute Gasteiger partial charge is 0.325 e. The molecule has 0 unspecified atom stereocenters. The van der Waals surface area contributed by atoms with Crippen molar-refractivity contribution in [3.8, 4) is 0 Å². The number of rotatable bonds is 2. The van der Waals surface area contributed by atoms with Gasteiger partial charge in [-0.25, -0.2) is 9.97 Å². The standard InChI is InChI=1S/C11H17N3/c1-8-7-13-11(14-10(8)6-12)9-4-2-3-5-9/h7,9H,2-6,12H2,1H3. The van der Waals surface area contributed by atoms with Gasteiger partial charge in [0.2, 0.25) is 0 Å². The fraction of sp³-hybridized carbons (Fsp3) is 0.636. The second kappa shape index (κ2) is 4.05. The molecule has 1 saturated carbocycles. The van der Waals surface area contributed by atoms with Gasteiger partial charge in [-0.1, -0.05) is 12.8 Å². The van der Waals surface area contributed by atoms with E-state index in [1.165, 1.54) is 25.7 Å². The van der Waals surface area contributed by atoms with E-state index in [-0.39, 0.29) is 0 Å². The maximum Gasteiger partial charge on any atom is 0.131 e. The lowest BCUT2D eigenvalue weighted by Gasteiger charge is -2.09. The van der Waals surface area contributed by atoms with Gasteiger partial charge in [0, 0.05) is 18.7 Å². The van der Waals surface area contributed by atoms with E-state index in [0.717, 1.165) is 17.1 Å². The van der Waals surface area contributed by atoms with Crippen LogP contribution >= 0.6 is 0 Å². The van der Waals surface area contributed by atoms with Gasteiger partial charge in [0.25, 0.3) is 0 Å². The molecule has 0 aromatic carbocycles. The van der Waals surface area contributed by atoms with Gasteiger partial charge in [-0.3, -0.25) is 0 Å². The third kappa shape index (κ3) is 1.77. The van der Waals surface area contributed by atoms with Crippen molar-refractivity contribution in [2.75, 3.05) is 0 Å². The number of nitrogens with two attached hydrogens (primary N) is 1. The van der Waals surface area contributed by atoms with Crippen molar-refractivity contribution in [2.45, 2.75) is 45.1 Å². The quantitative estimate of drug-likeness (QED) is 0.776. The molecule has 2 N–H and O–H groups in total. The first-order chi connectivity index (χ1) is 6.81. The van der Waals surface area contributed by atoms with Gasteiger partial charge < -0.3 is 5.73 Å². The fourth-order valence-electron chi connectivity index (χ4n) is 2.08. The van der Waals surface area contributed by atoms with E-state index >= 15 is 0 Å². The molecule has 2 rings (SSSR count). The molecule has 1 aromatic heterocycles. The lowest BCUT2D eigenvalue weighted by Crippen LogP contribution is -2.08. The van der Waals surface area contributed by atoms with Crippen molar-refractivity contribution in [2.24, 2.45) is 5.73 Å². The van der Waals surface area contributed by atoms with Crippen molar-refractivity contribution < 1.29 is 0 Å². The second-order valence-corrected chi connectivity index (χ2v) is 4.04. The Balaban J connectivity index is 2.25. The molecule has 3 nitrogen and oxygen atoms in total. The van der Waals surface area contributed by atoms with Crippen molar-refractivity contribution in [1.29, 1.82) is 0 Å². The molecule has 0 atom stereocenters. The molecule has 0 saturated heterocycles. The van der Waals surface area contributed by atoms with Gasteiger partial charge in [0.05, 0.1) is 5.69 Å². The van der Waals surface area contributed by atoms with E-state index in [0.29, 0.717) is 12.5 Å². The second-order valence-electron chi connectivity index (χ2n) is 4.04. The van der Waals surface area contributed by atoms with Gasteiger partial charge in [-0.2, -0.15) is 0 Å². The first-order valence-electron chi connectivity index (χ1n) is 5.33. The number of aryl methyl sites for hydroxylation is 1. The maximum absolute atomic E-state index is 5.63. The summed E-state index contributed by atoms with van der Waals surface area (Å²) in [6, 6.07) is 0. The monoisotopic (exact) mass is 191 g/mol. The highest BCUT2D eigenvalue weighted by Crippen LogP contribution is 2.31. The summed E-state index contributed by atoms with van der Waals surface area (Å²) < 4.78 is 0. The number of hydrogen-bond acceptors (Lipinski definition) is 3. The van der Waals surface area contributed by atoms with Crippen molar-refractivity contribution in [3.05, 3.63) is 23.3 Å². The molecule has 14 heavy (non-hydrogen) atoms. The topological polar surface area (TPSA) is 51.8 Å². The van der Waals surface area contributed by atoms with Gasteiger partial charge in [0.15, 0.2) is 0 Å². The molecule has 1 aromatic rings. The number of aromatic nitrogens is 2. The van der Waals surface area contributed by atoms with Crippen LogP contribution in [0.2, 0.25) is 0 Å². The van der Waals surface area contributed by atoms with Crippen LogP contribution in [0.3, 0.4) is 0 Å². The molecule has 1 fully saturated rings. The van der Waals surface area contributed by atoms with E-state index in [1.807, 2.05) is 13.1 Å². The van der Waals surface area contributed by atoms with Crippen molar-refractivity contribution >= 4 is 0 Å². The molecular formula is C11H17N3. The lowest BCUT2D eigenvalue weighted by atomic mass is 10.1. The van der Waals surface area contributed by atoms with Gasteiger partial charge in [-0.05, 0) is 25.3 Å². The average molecular weight is 191 g/mol. The maximum atomic E-state index is 5.63.